The second-order valence-corrected chi connectivity index (χ2v) is 6.21. The number of carbonyl (C=O) groups is 1. The molecule has 21 heavy (non-hydrogen) atoms. The monoisotopic (exact) mass is 284 g/mol. The van der Waals surface area contributed by atoms with Crippen LogP contribution in [0.4, 0.5) is 0 Å². The fraction of sp³-hybridized carbons (Fsp3) is 0.353. The van der Waals surface area contributed by atoms with Crippen LogP contribution in [0, 0.1) is 11.8 Å². The van der Waals surface area contributed by atoms with E-state index in [0.717, 1.165) is 11.1 Å². The van der Waals surface area contributed by atoms with Crippen molar-refractivity contribution in [3.63, 3.8) is 0 Å². The number of hydrogen-bond donors (Lipinski definition) is 1. The van der Waals surface area contributed by atoms with E-state index in [-0.39, 0.29) is 11.3 Å². The highest BCUT2D eigenvalue weighted by atomic mass is 16.1. The molecule has 0 saturated carbocycles. The molecule has 0 fully saturated rings. The van der Waals surface area contributed by atoms with Crippen LogP contribution < -0.4 is 5.32 Å². The van der Waals surface area contributed by atoms with Crippen molar-refractivity contribution in [3.05, 3.63) is 48.6 Å². The van der Waals surface area contributed by atoms with E-state index in [9.17, 15) is 4.79 Å². The maximum atomic E-state index is 12.3. The van der Waals surface area contributed by atoms with Crippen molar-refractivity contribution in [1.82, 2.24) is 15.1 Å². The van der Waals surface area contributed by atoms with Crippen molar-refractivity contribution < 1.29 is 4.79 Å². The fourth-order valence-electron chi connectivity index (χ4n) is 2.02. The second-order valence-electron chi connectivity index (χ2n) is 6.21. The zero-order valence-electron chi connectivity index (χ0n) is 13.1. The van der Waals surface area contributed by atoms with Gasteiger partial charge in [0, 0.05) is 25.4 Å². The summed E-state index contributed by atoms with van der Waals surface area (Å²) in [6, 6.07) is 9.83. The maximum Gasteiger partial charge on any atom is 0.272 e. The summed E-state index contributed by atoms with van der Waals surface area (Å²) >= 11 is 0. The minimum Gasteiger partial charge on any atom is -0.350 e. The Balaban J connectivity index is 2.15. The highest BCUT2D eigenvalue weighted by Crippen LogP contribution is 2.22. The Hall–Kier alpha value is -2.10. The minimum absolute atomic E-state index is 0.0830. The van der Waals surface area contributed by atoms with Crippen LogP contribution in [0.5, 0.6) is 0 Å². The van der Waals surface area contributed by atoms with Crippen LogP contribution in [-0.2, 0) is 7.05 Å². The van der Waals surface area contributed by atoms with Gasteiger partial charge in [0.1, 0.15) is 0 Å². The predicted molar refractivity (Wildman–Crippen MR) is 84.7 cm³/mol. The van der Waals surface area contributed by atoms with Crippen LogP contribution in [0.3, 0.4) is 0 Å². The van der Waals surface area contributed by atoms with Crippen molar-refractivity contribution in [2.75, 3.05) is 6.54 Å². The molecular weight excluding hydrogens is 262 g/mol. The van der Waals surface area contributed by atoms with Gasteiger partial charge in [0.25, 0.3) is 5.91 Å². The van der Waals surface area contributed by atoms with E-state index in [1.165, 1.54) is 0 Å². The van der Waals surface area contributed by atoms with E-state index < -0.39 is 0 Å². The van der Waals surface area contributed by atoms with Gasteiger partial charge in [-0.25, -0.2) is 0 Å². The molecule has 1 aromatic carbocycles. The average Bonchev–Trinajstić information content (AvgIpc) is 2.80. The predicted octanol–water partition coefficient (Wildman–Crippen LogP) is 3.07. The molecule has 111 valence electrons. The zero-order valence-corrected chi connectivity index (χ0v) is 13.1. The molecule has 1 aromatic heterocycles. The van der Waals surface area contributed by atoms with Gasteiger partial charge in [-0.15, -0.1) is 0 Å². The molecule has 4 nitrogen and oxygen atoms in total. The summed E-state index contributed by atoms with van der Waals surface area (Å²) in [5, 5.41) is 7.20. The van der Waals surface area contributed by atoms with Gasteiger partial charge >= 0.3 is 0 Å². The fourth-order valence-corrected chi connectivity index (χ4v) is 2.02. The third-order valence-corrected chi connectivity index (χ3v) is 3.11. The van der Waals surface area contributed by atoms with Gasteiger partial charge in [-0.05, 0) is 17.4 Å². The summed E-state index contributed by atoms with van der Waals surface area (Å²) in [7, 11) is 1.82. The van der Waals surface area contributed by atoms with Crippen LogP contribution in [0.2, 0.25) is 0 Å². The van der Waals surface area contributed by atoms with Crippen molar-refractivity contribution in [2.24, 2.45) is 12.5 Å². The molecule has 4 heteroatoms. The Morgan fingerprint density at radius 2 is 1.95 bits per heavy atom. The molecule has 0 aliphatic heterocycles. The molecule has 0 aliphatic carbocycles. The Morgan fingerprint density at radius 1 is 1.29 bits per heavy atom. The van der Waals surface area contributed by atoms with E-state index >= 15 is 0 Å². The Labute approximate surface area is 126 Å². The standard InChI is InChI=1S/C17H22N3O/c1-17(2,3)10-11-18-16(21)15-14(12-20(4)19-15)13-8-6-5-7-9-13/h5-10,12H,11H2,1-4H3,(H,18,21). The Bertz CT molecular complexity index is 609. The van der Waals surface area contributed by atoms with E-state index in [1.807, 2.05) is 43.6 Å². The molecule has 2 aromatic rings. The van der Waals surface area contributed by atoms with Crippen LogP contribution in [0.1, 0.15) is 31.3 Å². The highest BCUT2D eigenvalue weighted by molar-refractivity contribution is 5.98. The van der Waals surface area contributed by atoms with Crippen molar-refractivity contribution >= 4 is 5.91 Å². The molecule has 2 rings (SSSR count). The topological polar surface area (TPSA) is 46.9 Å². The number of amides is 1. The van der Waals surface area contributed by atoms with Gasteiger partial charge in [0.2, 0.25) is 0 Å². The lowest BCUT2D eigenvalue weighted by Gasteiger charge is -2.17. The van der Waals surface area contributed by atoms with Crippen LogP contribution >= 0.6 is 0 Å². The smallest absolute Gasteiger partial charge is 0.272 e. The summed E-state index contributed by atoms with van der Waals surface area (Å²) < 4.78 is 1.67. The molecule has 0 atom stereocenters. The first-order chi connectivity index (χ1) is 9.87. The largest absolute Gasteiger partial charge is 0.350 e. The first-order valence-corrected chi connectivity index (χ1v) is 7.08. The van der Waals surface area contributed by atoms with Gasteiger partial charge < -0.3 is 5.32 Å². The van der Waals surface area contributed by atoms with Crippen LogP contribution in [-0.4, -0.2) is 22.2 Å². The third-order valence-electron chi connectivity index (χ3n) is 3.11. The summed E-state index contributed by atoms with van der Waals surface area (Å²) in [5.41, 5.74) is 2.40. The van der Waals surface area contributed by atoms with E-state index in [0.29, 0.717) is 12.2 Å². The van der Waals surface area contributed by atoms with Gasteiger partial charge in [0.15, 0.2) is 5.69 Å². The number of rotatable bonds is 4. The van der Waals surface area contributed by atoms with Crippen LogP contribution in [0.15, 0.2) is 36.5 Å². The molecule has 1 N–H and O–H groups in total. The number of nitrogens with one attached hydrogen (secondary N) is 1. The zero-order chi connectivity index (χ0) is 15.5. The first-order valence-electron chi connectivity index (χ1n) is 7.08. The lowest BCUT2D eigenvalue weighted by molar-refractivity contribution is 0.0950. The minimum atomic E-state index is -0.144. The first kappa shape index (κ1) is 15.3. The summed E-state index contributed by atoms with van der Waals surface area (Å²) in [5.74, 6) is -0.144. The molecule has 0 unspecified atom stereocenters. The second kappa shape index (κ2) is 6.12. The van der Waals surface area contributed by atoms with Gasteiger partial charge in [-0.3, -0.25) is 9.48 Å². The number of hydrogen-bond acceptors (Lipinski definition) is 2. The molecule has 0 spiro atoms. The van der Waals surface area contributed by atoms with Gasteiger partial charge in [0.05, 0.1) is 0 Å². The SMILES string of the molecule is Cn1cc(-c2ccccc2)c(C(=O)NC[CH]C(C)(C)C)n1. The number of aryl methyl sites for hydroxylation is 1. The summed E-state index contributed by atoms with van der Waals surface area (Å²) in [6.45, 7) is 6.85. The van der Waals surface area contributed by atoms with E-state index in [2.05, 4.69) is 37.6 Å². The summed E-state index contributed by atoms with van der Waals surface area (Å²) in [4.78, 5) is 12.3. The van der Waals surface area contributed by atoms with Crippen molar-refractivity contribution in [1.29, 1.82) is 0 Å². The van der Waals surface area contributed by atoms with Crippen LogP contribution in [0.25, 0.3) is 11.1 Å². The quantitative estimate of drug-likeness (QED) is 0.938. The lowest BCUT2D eigenvalue weighted by atomic mass is 9.92. The molecule has 0 bridgehead atoms. The molecule has 0 saturated heterocycles. The van der Waals surface area contributed by atoms with Gasteiger partial charge in [-0.1, -0.05) is 51.1 Å². The maximum absolute atomic E-state index is 12.3. The van der Waals surface area contributed by atoms with E-state index in [1.54, 1.807) is 4.68 Å². The third kappa shape index (κ3) is 4.18. The molecule has 1 heterocycles. The number of benzene rings is 1. The molecule has 1 amide bonds. The molecular formula is C17H22N3O. The van der Waals surface area contributed by atoms with E-state index in [4.69, 9.17) is 0 Å². The lowest BCUT2D eigenvalue weighted by Crippen LogP contribution is -2.28. The number of aromatic nitrogens is 2. The van der Waals surface area contributed by atoms with Crippen molar-refractivity contribution in [2.45, 2.75) is 20.8 Å². The summed E-state index contributed by atoms with van der Waals surface area (Å²) in [6.07, 6.45) is 3.95. The normalized spacial score (nSPS) is 11.4. The molecule has 0 aliphatic rings. The Morgan fingerprint density at radius 3 is 2.57 bits per heavy atom. The molecule has 1 radical (unpaired) electrons. The Kier molecular flexibility index (Phi) is 4.46. The number of nitrogens with zero attached hydrogens (tertiary/aromatic N) is 2. The van der Waals surface area contributed by atoms with Gasteiger partial charge in [-0.2, -0.15) is 5.10 Å². The average molecular weight is 284 g/mol. The highest BCUT2D eigenvalue weighted by Gasteiger charge is 2.18. The van der Waals surface area contributed by atoms with Crippen molar-refractivity contribution in [3.8, 4) is 11.1 Å². The number of carbonyl (C=O) groups excluding carboxylic acids is 1.